The molecule has 0 bridgehead atoms. The lowest BCUT2D eigenvalue weighted by Gasteiger charge is -2.29. The van der Waals surface area contributed by atoms with Crippen LogP contribution in [0.25, 0.3) is 0 Å². The monoisotopic (exact) mass is 495 g/mol. The Morgan fingerprint density at radius 3 is 2.29 bits per heavy atom. The summed E-state index contributed by atoms with van der Waals surface area (Å²) in [6, 6.07) is 5.93. The number of aliphatic hydroxyl groups is 1. The Labute approximate surface area is 190 Å². The number of alkyl halides is 6. The number of halogens is 8. The molecule has 1 atom stereocenters. The zero-order valence-corrected chi connectivity index (χ0v) is 18.0. The van der Waals surface area contributed by atoms with Crippen LogP contribution < -0.4 is 9.64 Å². The number of nitrogens with zero attached hydrogens (tertiary/aromatic N) is 1. The van der Waals surface area contributed by atoms with Gasteiger partial charge in [-0.2, -0.15) is 26.3 Å². The highest BCUT2D eigenvalue weighted by Gasteiger charge is 2.40. The van der Waals surface area contributed by atoms with Gasteiger partial charge in [-0.15, -0.1) is 0 Å². The van der Waals surface area contributed by atoms with E-state index in [4.69, 9.17) is 4.74 Å². The Morgan fingerprint density at radius 1 is 1.06 bits per heavy atom. The average Bonchev–Trinajstić information content (AvgIpc) is 2.73. The van der Waals surface area contributed by atoms with Crippen LogP contribution in [0.1, 0.15) is 25.0 Å². The minimum Gasteiger partial charge on any atom is -0.458 e. The summed E-state index contributed by atoms with van der Waals surface area (Å²) < 4.78 is 113. The van der Waals surface area contributed by atoms with E-state index in [-0.39, 0.29) is 17.5 Å². The maximum absolute atomic E-state index is 14.5. The molecule has 3 nitrogen and oxygen atoms in total. The number of ether oxygens (including phenoxy) is 1. The molecule has 34 heavy (non-hydrogen) atoms. The molecule has 0 aliphatic heterocycles. The van der Waals surface area contributed by atoms with Crippen LogP contribution in [0.4, 0.5) is 40.8 Å². The number of anilines is 1. The van der Waals surface area contributed by atoms with E-state index in [9.17, 15) is 40.2 Å². The van der Waals surface area contributed by atoms with Gasteiger partial charge in [-0.3, -0.25) is 0 Å². The summed E-state index contributed by atoms with van der Waals surface area (Å²) in [4.78, 5) is 0.720. The number of benzene rings is 2. The van der Waals surface area contributed by atoms with Crippen molar-refractivity contribution in [3.63, 3.8) is 0 Å². The predicted molar refractivity (Wildman–Crippen MR) is 110 cm³/mol. The fourth-order valence-electron chi connectivity index (χ4n) is 2.96. The number of rotatable bonds is 8. The van der Waals surface area contributed by atoms with Crippen molar-refractivity contribution in [2.75, 3.05) is 11.4 Å². The van der Waals surface area contributed by atoms with E-state index < -0.39 is 54.3 Å². The van der Waals surface area contributed by atoms with Crippen molar-refractivity contribution in [2.45, 2.75) is 38.8 Å². The molecule has 2 rings (SSSR count). The van der Waals surface area contributed by atoms with E-state index in [1.165, 1.54) is 24.3 Å². The molecule has 2 aromatic rings. The van der Waals surface area contributed by atoms with E-state index >= 15 is 0 Å². The van der Waals surface area contributed by atoms with Crippen LogP contribution in [-0.4, -0.2) is 23.9 Å². The highest BCUT2D eigenvalue weighted by molar-refractivity contribution is 5.52. The summed E-state index contributed by atoms with van der Waals surface area (Å²) in [5.74, 6) is -2.80. The number of aliphatic hydroxyl groups excluding tert-OH is 1. The van der Waals surface area contributed by atoms with Crippen molar-refractivity contribution >= 4 is 5.69 Å². The molecule has 0 aliphatic rings. The van der Waals surface area contributed by atoms with Crippen LogP contribution in [0.3, 0.4) is 0 Å². The summed E-state index contributed by atoms with van der Waals surface area (Å²) in [6.07, 6.45) is -8.29. The lowest BCUT2D eigenvalue weighted by atomic mass is 10.1. The summed E-state index contributed by atoms with van der Waals surface area (Å²) in [7, 11) is 0. The second-order valence-electron chi connectivity index (χ2n) is 7.11. The van der Waals surface area contributed by atoms with Gasteiger partial charge in [0.1, 0.15) is 23.1 Å². The Bertz CT molecular complexity index is 1040. The van der Waals surface area contributed by atoms with Gasteiger partial charge < -0.3 is 14.7 Å². The molecule has 1 N–H and O–H groups in total. The van der Waals surface area contributed by atoms with Crippen molar-refractivity contribution in [3.8, 4) is 5.75 Å². The molecule has 0 aliphatic carbocycles. The van der Waals surface area contributed by atoms with Gasteiger partial charge in [0, 0.05) is 23.9 Å². The SMILES string of the molecule is C/C=C\C(=C/C)Oc1cccc(N(Cc2c(F)ccc(C(F)(F)F)c2F)CC(O)C(F)(F)F)c1. The Hall–Kier alpha value is -3.08. The third-order valence-electron chi connectivity index (χ3n) is 4.65. The molecule has 0 aromatic heterocycles. The second kappa shape index (κ2) is 10.9. The molecule has 0 radical (unpaired) electrons. The quantitative estimate of drug-likeness (QED) is 0.249. The number of hydrogen-bond donors (Lipinski definition) is 1. The molecule has 0 saturated heterocycles. The van der Waals surface area contributed by atoms with Crippen LogP contribution >= 0.6 is 0 Å². The lowest BCUT2D eigenvalue weighted by molar-refractivity contribution is -0.200. The Morgan fingerprint density at radius 2 is 1.74 bits per heavy atom. The molecule has 0 heterocycles. The van der Waals surface area contributed by atoms with Crippen molar-refractivity contribution < 1.29 is 45.0 Å². The first-order valence-electron chi connectivity index (χ1n) is 9.88. The van der Waals surface area contributed by atoms with Gasteiger partial charge >= 0.3 is 12.4 Å². The Kier molecular flexibility index (Phi) is 8.71. The summed E-state index contributed by atoms with van der Waals surface area (Å²) in [6.45, 7) is 1.17. The third-order valence-corrected chi connectivity index (χ3v) is 4.65. The zero-order valence-electron chi connectivity index (χ0n) is 18.0. The van der Waals surface area contributed by atoms with E-state index in [0.29, 0.717) is 11.8 Å². The molecular weight excluding hydrogens is 474 g/mol. The summed E-state index contributed by atoms with van der Waals surface area (Å²) in [5.41, 5.74) is -2.94. The molecule has 2 aromatic carbocycles. The highest BCUT2D eigenvalue weighted by atomic mass is 19.4. The summed E-state index contributed by atoms with van der Waals surface area (Å²) in [5, 5.41) is 9.56. The van der Waals surface area contributed by atoms with Gasteiger partial charge in [0.15, 0.2) is 6.10 Å². The molecule has 1 unspecified atom stereocenters. The smallest absolute Gasteiger partial charge is 0.419 e. The fraction of sp³-hybridized carbons (Fsp3) is 0.304. The first kappa shape index (κ1) is 27.2. The van der Waals surface area contributed by atoms with Gasteiger partial charge in [-0.05, 0) is 50.3 Å². The standard InChI is InChI=1S/C23H21F8NO2/c1-3-6-15(4-2)34-16-8-5-7-14(11-16)32(13-20(33)23(29,30)31)12-17-19(24)10-9-18(21(17)25)22(26,27)28/h3-11,20,33H,12-13H2,1-2H3/b6-3-,15-4+. The molecule has 186 valence electrons. The second-order valence-corrected chi connectivity index (χ2v) is 7.11. The Balaban J connectivity index is 2.52. The minimum atomic E-state index is -5.15. The first-order valence-corrected chi connectivity index (χ1v) is 9.88. The first-order chi connectivity index (χ1) is 15.8. The topological polar surface area (TPSA) is 32.7 Å². The zero-order chi connectivity index (χ0) is 25.7. The fourth-order valence-corrected chi connectivity index (χ4v) is 2.96. The molecule has 0 fully saturated rings. The normalized spacial score (nSPS) is 13.9. The average molecular weight is 495 g/mol. The third kappa shape index (κ3) is 6.96. The van der Waals surface area contributed by atoms with Crippen LogP contribution in [0.5, 0.6) is 5.75 Å². The maximum Gasteiger partial charge on any atom is 0.419 e. The lowest BCUT2D eigenvalue weighted by Crippen LogP contribution is -2.41. The van der Waals surface area contributed by atoms with Gasteiger partial charge in [0.25, 0.3) is 0 Å². The van der Waals surface area contributed by atoms with E-state index in [2.05, 4.69) is 0 Å². The number of allylic oxidation sites excluding steroid dienone is 3. The molecule has 0 spiro atoms. The highest BCUT2D eigenvalue weighted by Crippen LogP contribution is 2.35. The van der Waals surface area contributed by atoms with Gasteiger partial charge in [0.2, 0.25) is 0 Å². The van der Waals surface area contributed by atoms with Crippen molar-refractivity contribution in [1.82, 2.24) is 0 Å². The van der Waals surface area contributed by atoms with E-state index in [1.807, 2.05) is 0 Å². The maximum atomic E-state index is 14.5. The van der Waals surface area contributed by atoms with Gasteiger partial charge in [-0.25, -0.2) is 8.78 Å². The van der Waals surface area contributed by atoms with Crippen molar-refractivity contribution in [1.29, 1.82) is 0 Å². The van der Waals surface area contributed by atoms with Crippen molar-refractivity contribution in [3.05, 3.63) is 83.1 Å². The molecular formula is C23H21F8NO2. The number of hydrogen-bond acceptors (Lipinski definition) is 3. The van der Waals surface area contributed by atoms with Gasteiger partial charge in [-0.1, -0.05) is 12.1 Å². The molecule has 11 heteroatoms. The van der Waals surface area contributed by atoms with E-state index in [1.54, 1.807) is 32.1 Å². The minimum absolute atomic E-state index is 0.0760. The predicted octanol–water partition coefficient (Wildman–Crippen LogP) is 6.77. The van der Waals surface area contributed by atoms with Gasteiger partial charge in [0.05, 0.1) is 12.1 Å². The van der Waals surface area contributed by atoms with Crippen molar-refractivity contribution in [2.24, 2.45) is 0 Å². The largest absolute Gasteiger partial charge is 0.458 e. The van der Waals surface area contributed by atoms with Crippen LogP contribution in [0, 0.1) is 11.6 Å². The molecule has 0 saturated carbocycles. The van der Waals surface area contributed by atoms with Crippen LogP contribution in [0.2, 0.25) is 0 Å². The van der Waals surface area contributed by atoms with Crippen LogP contribution in [0.15, 0.2) is 60.4 Å². The van der Waals surface area contributed by atoms with E-state index in [0.717, 1.165) is 4.90 Å². The van der Waals surface area contributed by atoms with Crippen LogP contribution in [-0.2, 0) is 12.7 Å². The summed E-state index contributed by atoms with van der Waals surface area (Å²) >= 11 is 0. The molecule has 0 amide bonds.